The van der Waals surface area contributed by atoms with E-state index in [1.165, 1.54) is 12.3 Å². The monoisotopic (exact) mass is 354 g/mol. The number of ether oxygens (including phenoxy) is 1. The molecule has 2 aromatic heterocycles. The van der Waals surface area contributed by atoms with Crippen LogP contribution in [0.3, 0.4) is 0 Å². The normalized spacial score (nSPS) is 12.6. The molecule has 126 valence electrons. The Kier molecular flexibility index (Phi) is 4.48. The van der Waals surface area contributed by atoms with Crippen molar-refractivity contribution < 1.29 is 17.9 Å². The SMILES string of the molecule is Cc1c(Cl)cnn1[C@@H](C)c1nnc(-c2ccccc2OC(F)F)o1. The number of hydrogen-bond donors (Lipinski definition) is 0. The molecule has 0 aliphatic rings. The van der Waals surface area contributed by atoms with Crippen molar-refractivity contribution in [3.05, 3.63) is 47.1 Å². The molecule has 2 heterocycles. The van der Waals surface area contributed by atoms with Gasteiger partial charge in [-0.2, -0.15) is 13.9 Å². The quantitative estimate of drug-likeness (QED) is 0.690. The summed E-state index contributed by atoms with van der Waals surface area (Å²) < 4.78 is 36.8. The van der Waals surface area contributed by atoms with Gasteiger partial charge in [0, 0.05) is 0 Å². The summed E-state index contributed by atoms with van der Waals surface area (Å²) in [5.74, 6) is 0.331. The highest BCUT2D eigenvalue weighted by molar-refractivity contribution is 6.31. The Morgan fingerprint density at radius 1 is 1.25 bits per heavy atom. The molecule has 0 N–H and O–H groups in total. The van der Waals surface area contributed by atoms with E-state index in [1.54, 1.807) is 22.9 Å². The van der Waals surface area contributed by atoms with Crippen LogP contribution in [0.2, 0.25) is 5.02 Å². The number of nitrogens with zero attached hydrogens (tertiary/aromatic N) is 4. The molecular weight excluding hydrogens is 342 g/mol. The van der Waals surface area contributed by atoms with Crippen molar-refractivity contribution >= 4 is 11.6 Å². The fraction of sp³-hybridized carbons (Fsp3) is 0.267. The first kappa shape index (κ1) is 16.4. The summed E-state index contributed by atoms with van der Waals surface area (Å²) in [4.78, 5) is 0. The van der Waals surface area contributed by atoms with Crippen LogP contribution in [0.4, 0.5) is 8.78 Å². The molecule has 0 radical (unpaired) electrons. The van der Waals surface area contributed by atoms with Crippen LogP contribution in [0.1, 0.15) is 24.6 Å². The third-order valence-electron chi connectivity index (χ3n) is 3.48. The predicted molar refractivity (Wildman–Crippen MR) is 82.2 cm³/mol. The van der Waals surface area contributed by atoms with Gasteiger partial charge in [-0.3, -0.25) is 4.68 Å². The van der Waals surface area contributed by atoms with Crippen LogP contribution in [0, 0.1) is 6.92 Å². The maximum atomic E-state index is 12.5. The van der Waals surface area contributed by atoms with Gasteiger partial charge in [0.05, 0.1) is 22.5 Å². The van der Waals surface area contributed by atoms with Crippen LogP contribution in [0.15, 0.2) is 34.9 Å². The van der Waals surface area contributed by atoms with Gasteiger partial charge in [0.25, 0.3) is 5.89 Å². The van der Waals surface area contributed by atoms with E-state index in [0.29, 0.717) is 10.6 Å². The van der Waals surface area contributed by atoms with Crippen LogP contribution in [-0.2, 0) is 0 Å². The van der Waals surface area contributed by atoms with Crippen molar-refractivity contribution in [3.63, 3.8) is 0 Å². The summed E-state index contributed by atoms with van der Waals surface area (Å²) in [6.07, 6.45) is 1.52. The number of benzene rings is 1. The lowest BCUT2D eigenvalue weighted by Crippen LogP contribution is -2.10. The van der Waals surface area contributed by atoms with Crippen molar-refractivity contribution in [1.29, 1.82) is 0 Å². The lowest BCUT2D eigenvalue weighted by atomic mass is 10.2. The van der Waals surface area contributed by atoms with Crippen LogP contribution < -0.4 is 4.74 Å². The molecule has 0 saturated carbocycles. The van der Waals surface area contributed by atoms with Gasteiger partial charge in [-0.1, -0.05) is 23.7 Å². The van der Waals surface area contributed by atoms with Gasteiger partial charge in [-0.05, 0) is 26.0 Å². The fourth-order valence-electron chi connectivity index (χ4n) is 2.25. The summed E-state index contributed by atoms with van der Waals surface area (Å²) in [7, 11) is 0. The van der Waals surface area contributed by atoms with Gasteiger partial charge in [-0.15, -0.1) is 10.2 Å². The average Bonchev–Trinajstić information content (AvgIpc) is 3.15. The van der Waals surface area contributed by atoms with Gasteiger partial charge in [0.15, 0.2) is 0 Å². The molecule has 1 atom stereocenters. The van der Waals surface area contributed by atoms with E-state index in [4.69, 9.17) is 16.0 Å². The molecular formula is C15H13ClF2N4O2. The van der Waals surface area contributed by atoms with Gasteiger partial charge in [-0.25, -0.2) is 0 Å². The topological polar surface area (TPSA) is 66.0 Å². The van der Waals surface area contributed by atoms with Crippen molar-refractivity contribution in [2.75, 3.05) is 0 Å². The van der Waals surface area contributed by atoms with E-state index in [1.807, 2.05) is 13.8 Å². The smallest absolute Gasteiger partial charge is 0.387 e. The second-order valence-corrected chi connectivity index (χ2v) is 5.43. The van der Waals surface area contributed by atoms with Crippen LogP contribution >= 0.6 is 11.6 Å². The summed E-state index contributed by atoms with van der Waals surface area (Å²) in [5.41, 5.74) is 1.05. The number of hydrogen-bond acceptors (Lipinski definition) is 5. The number of para-hydroxylation sites is 1. The Labute approximate surface area is 141 Å². The molecule has 0 aliphatic heterocycles. The van der Waals surface area contributed by atoms with E-state index in [0.717, 1.165) is 5.69 Å². The van der Waals surface area contributed by atoms with E-state index in [2.05, 4.69) is 20.0 Å². The molecule has 0 saturated heterocycles. The van der Waals surface area contributed by atoms with Gasteiger partial charge in [0.2, 0.25) is 5.89 Å². The highest BCUT2D eigenvalue weighted by atomic mass is 35.5. The summed E-state index contributed by atoms with van der Waals surface area (Å²) >= 11 is 5.99. The molecule has 6 nitrogen and oxygen atoms in total. The second kappa shape index (κ2) is 6.56. The minimum Gasteiger partial charge on any atom is -0.434 e. The zero-order valence-electron chi connectivity index (χ0n) is 12.8. The highest BCUT2D eigenvalue weighted by Crippen LogP contribution is 2.31. The average molecular weight is 355 g/mol. The minimum atomic E-state index is -2.94. The molecule has 3 rings (SSSR count). The zero-order valence-corrected chi connectivity index (χ0v) is 13.5. The Morgan fingerprint density at radius 2 is 2.00 bits per heavy atom. The highest BCUT2D eigenvalue weighted by Gasteiger charge is 2.21. The summed E-state index contributed by atoms with van der Waals surface area (Å²) in [6, 6.07) is 5.86. The molecule has 0 unspecified atom stereocenters. The third-order valence-corrected chi connectivity index (χ3v) is 3.85. The first-order chi connectivity index (χ1) is 11.5. The second-order valence-electron chi connectivity index (χ2n) is 5.02. The van der Waals surface area contributed by atoms with Gasteiger partial charge < -0.3 is 9.15 Å². The molecule has 1 aromatic carbocycles. The van der Waals surface area contributed by atoms with Crippen LogP contribution in [-0.4, -0.2) is 26.6 Å². The summed E-state index contributed by atoms with van der Waals surface area (Å²) in [5, 5.41) is 12.6. The molecule has 0 aliphatic carbocycles. The van der Waals surface area contributed by atoms with E-state index in [9.17, 15) is 8.78 Å². The van der Waals surface area contributed by atoms with E-state index >= 15 is 0 Å². The summed E-state index contributed by atoms with van der Waals surface area (Å²) in [6.45, 7) is 0.686. The number of alkyl halides is 2. The Hall–Kier alpha value is -2.48. The van der Waals surface area contributed by atoms with Gasteiger partial charge in [0.1, 0.15) is 11.8 Å². The van der Waals surface area contributed by atoms with Crippen LogP contribution in [0.5, 0.6) is 5.75 Å². The first-order valence-electron chi connectivity index (χ1n) is 7.04. The van der Waals surface area contributed by atoms with Crippen LogP contribution in [0.25, 0.3) is 11.5 Å². The molecule has 24 heavy (non-hydrogen) atoms. The number of halogens is 3. The Bertz CT molecular complexity index is 850. The standard InChI is InChI=1S/C15H13ClF2N4O2/c1-8-11(16)7-19-22(8)9(2)13-20-21-14(24-13)10-5-3-4-6-12(10)23-15(17)18/h3-7,9,15H,1-2H3/t9-/m0/s1. The van der Waals surface area contributed by atoms with Crippen molar-refractivity contribution in [2.24, 2.45) is 0 Å². The maximum absolute atomic E-state index is 12.5. The zero-order chi connectivity index (χ0) is 17.3. The number of rotatable bonds is 5. The maximum Gasteiger partial charge on any atom is 0.387 e. The third kappa shape index (κ3) is 3.09. The molecule has 0 fully saturated rings. The molecule has 0 spiro atoms. The van der Waals surface area contributed by atoms with Gasteiger partial charge >= 0.3 is 6.61 Å². The molecule has 3 aromatic rings. The lowest BCUT2D eigenvalue weighted by Gasteiger charge is -2.10. The molecule has 0 bridgehead atoms. The van der Waals surface area contributed by atoms with E-state index < -0.39 is 6.61 Å². The minimum absolute atomic E-state index is 0.0336. The number of aromatic nitrogens is 4. The van der Waals surface area contributed by atoms with E-state index in [-0.39, 0.29) is 23.6 Å². The molecule has 9 heteroatoms. The van der Waals surface area contributed by atoms with Crippen molar-refractivity contribution in [1.82, 2.24) is 20.0 Å². The van der Waals surface area contributed by atoms with Crippen molar-refractivity contribution in [3.8, 4) is 17.2 Å². The Balaban J connectivity index is 1.93. The predicted octanol–water partition coefficient (Wildman–Crippen LogP) is 4.11. The fourth-order valence-corrected chi connectivity index (χ4v) is 2.38. The largest absolute Gasteiger partial charge is 0.434 e. The lowest BCUT2D eigenvalue weighted by molar-refractivity contribution is -0.0495. The Morgan fingerprint density at radius 3 is 2.67 bits per heavy atom. The molecule has 0 amide bonds. The first-order valence-corrected chi connectivity index (χ1v) is 7.42. The van der Waals surface area contributed by atoms with Crippen molar-refractivity contribution in [2.45, 2.75) is 26.5 Å².